The van der Waals surface area contributed by atoms with E-state index in [0.29, 0.717) is 17.0 Å². The second-order valence-electron chi connectivity index (χ2n) is 5.05. The van der Waals surface area contributed by atoms with E-state index in [2.05, 4.69) is 20.1 Å². The van der Waals surface area contributed by atoms with E-state index in [-0.39, 0.29) is 5.56 Å². The van der Waals surface area contributed by atoms with Crippen LogP contribution in [0.25, 0.3) is 27.9 Å². The number of aromatic nitrogens is 5. The van der Waals surface area contributed by atoms with Gasteiger partial charge in [0.15, 0.2) is 11.5 Å². The number of nitrogens with one attached hydrogen (secondary N) is 1. The first kappa shape index (κ1) is 12.5. The third-order valence-electron chi connectivity index (χ3n) is 3.54. The lowest BCUT2D eigenvalue weighted by Gasteiger charge is -2.03. The van der Waals surface area contributed by atoms with E-state index in [1.807, 2.05) is 25.1 Å². The molecule has 108 valence electrons. The Morgan fingerprint density at radius 1 is 1.32 bits per heavy atom. The second-order valence-corrected chi connectivity index (χ2v) is 5.05. The summed E-state index contributed by atoms with van der Waals surface area (Å²) < 4.78 is 1.66. The highest BCUT2D eigenvalue weighted by Gasteiger charge is 2.15. The number of carboxylic acid groups (broad SMARTS) is 1. The van der Waals surface area contributed by atoms with Gasteiger partial charge in [-0.15, -0.1) is 0 Å². The maximum atomic E-state index is 11.2. The molecular formula is C15H11N5O2. The van der Waals surface area contributed by atoms with Crippen LogP contribution in [-0.4, -0.2) is 35.8 Å². The number of aromatic amines is 1. The first-order valence-electron chi connectivity index (χ1n) is 6.65. The van der Waals surface area contributed by atoms with E-state index in [1.54, 1.807) is 17.1 Å². The van der Waals surface area contributed by atoms with Gasteiger partial charge in [-0.2, -0.15) is 5.10 Å². The summed E-state index contributed by atoms with van der Waals surface area (Å²) in [6.45, 7) is 2.00. The molecule has 7 heteroatoms. The number of hydrogen-bond donors (Lipinski definition) is 2. The predicted molar refractivity (Wildman–Crippen MR) is 80.2 cm³/mol. The van der Waals surface area contributed by atoms with Crippen LogP contribution >= 0.6 is 0 Å². The number of carboxylic acids is 1. The van der Waals surface area contributed by atoms with Gasteiger partial charge in [-0.1, -0.05) is 12.1 Å². The Morgan fingerprint density at radius 2 is 2.18 bits per heavy atom. The predicted octanol–water partition coefficient (Wildman–Crippen LogP) is 2.30. The Balaban J connectivity index is 1.98. The number of hydrogen-bond acceptors (Lipinski definition) is 4. The molecule has 0 aliphatic heterocycles. The minimum absolute atomic E-state index is 0.0944. The highest BCUT2D eigenvalue weighted by atomic mass is 16.4. The van der Waals surface area contributed by atoms with Crippen molar-refractivity contribution in [1.82, 2.24) is 24.7 Å². The molecule has 0 aliphatic rings. The monoisotopic (exact) mass is 293 g/mol. The Bertz CT molecular complexity index is 1030. The summed E-state index contributed by atoms with van der Waals surface area (Å²) in [5, 5.41) is 14.5. The van der Waals surface area contributed by atoms with Crippen molar-refractivity contribution in [2.75, 3.05) is 0 Å². The van der Waals surface area contributed by atoms with Crippen molar-refractivity contribution >= 4 is 28.0 Å². The molecule has 0 spiro atoms. The Morgan fingerprint density at radius 3 is 3.00 bits per heavy atom. The van der Waals surface area contributed by atoms with Crippen LogP contribution in [0.1, 0.15) is 15.9 Å². The third kappa shape index (κ3) is 1.76. The molecule has 0 amide bonds. The molecule has 0 aliphatic carbocycles. The average Bonchev–Trinajstić information content (AvgIpc) is 3.09. The molecule has 1 aromatic carbocycles. The molecule has 0 bridgehead atoms. The normalized spacial score (nSPS) is 11.3. The summed E-state index contributed by atoms with van der Waals surface area (Å²) >= 11 is 0. The maximum absolute atomic E-state index is 11.2. The van der Waals surface area contributed by atoms with Gasteiger partial charge in [0.2, 0.25) is 0 Å². The van der Waals surface area contributed by atoms with Gasteiger partial charge in [0.05, 0.1) is 17.9 Å². The van der Waals surface area contributed by atoms with Crippen molar-refractivity contribution in [1.29, 1.82) is 0 Å². The van der Waals surface area contributed by atoms with Gasteiger partial charge in [0, 0.05) is 11.6 Å². The number of benzene rings is 1. The number of rotatable bonds is 2. The Labute approximate surface area is 124 Å². The third-order valence-corrected chi connectivity index (χ3v) is 3.54. The maximum Gasteiger partial charge on any atom is 0.339 e. The molecule has 0 saturated heterocycles. The van der Waals surface area contributed by atoms with E-state index in [1.165, 1.54) is 6.20 Å². The summed E-state index contributed by atoms with van der Waals surface area (Å²) in [5.41, 5.74) is 2.87. The van der Waals surface area contributed by atoms with Crippen molar-refractivity contribution in [2.24, 2.45) is 0 Å². The number of nitrogens with zero attached hydrogens (tertiary/aromatic N) is 4. The SMILES string of the molecule is Cc1ccc2cnn(-c3cnc4[nH]cc(C(=O)O)c4n3)c2c1. The Kier molecular flexibility index (Phi) is 2.50. The lowest BCUT2D eigenvalue weighted by Crippen LogP contribution is -2.02. The van der Waals surface area contributed by atoms with Crippen LogP contribution in [0.2, 0.25) is 0 Å². The molecule has 0 unspecified atom stereocenters. The smallest absolute Gasteiger partial charge is 0.339 e. The number of aromatic carboxylic acids is 1. The number of fused-ring (bicyclic) bond motifs is 2. The number of aryl methyl sites for hydroxylation is 1. The van der Waals surface area contributed by atoms with Gasteiger partial charge in [-0.25, -0.2) is 19.4 Å². The highest BCUT2D eigenvalue weighted by Crippen LogP contribution is 2.20. The standard InChI is InChI=1S/C15H11N5O2/c1-8-2-3-9-5-18-20(11(9)4-8)12-7-17-14-13(19-12)10(6-16-14)15(21)22/h2-7H,1H3,(H,16,17)(H,21,22). The quantitative estimate of drug-likeness (QED) is 0.591. The molecular weight excluding hydrogens is 282 g/mol. The molecule has 0 radical (unpaired) electrons. The van der Waals surface area contributed by atoms with E-state index in [4.69, 9.17) is 0 Å². The van der Waals surface area contributed by atoms with Crippen LogP contribution in [0, 0.1) is 6.92 Å². The number of carbonyl (C=O) groups is 1. The summed E-state index contributed by atoms with van der Waals surface area (Å²) in [5.74, 6) is -0.561. The molecule has 7 nitrogen and oxygen atoms in total. The first-order chi connectivity index (χ1) is 10.6. The molecule has 22 heavy (non-hydrogen) atoms. The van der Waals surface area contributed by atoms with Gasteiger partial charge in [-0.3, -0.25) is 0 Å². The fraction of sp³-hybridized carbons (Fsp3) is 0.0667. The van der Waals surface area contributed by atoms with Gasteiger partial charge >= 0.3 is 5.97 Å². The van der Waals surface area contributed by atoms with Gasteiger partial charge < -0.3 is 10.1 Å². The van der Waals surface area contributed by atoms with Crippen LogP contribution in [0.5, 0.6) is 0 Å². The van der Waals surface area contributed by atoms with E-state index in [0.717, 1.165) is 16.5 Å². The van der Waals surface area contributed by atoms with Gasteiger partial charge in [0.1, 0.15) is 11.1 Å². The van der Waals surface area contributed by atoms with Crippen molar-refractivity contribution in [3.05, 3.63) is 47.9 Å². The molecule has 3 heterocycles. The molecule has 0 atom stereocenters. The average molecular weight is 293 g/mol. The number of H-pyrrole nitrogens is 1. The Hall–Kier alpha value is -3.22. The first-order valence-corrected chi connectivity index (χ1v) is 6.65. The van der Waals surface area contributed by atoms with Gasteiger partial charge in [-0.05, 0) is 18.6 Å². The van der Waals surface area contributed by atoms with Crippen LogP contribution in [-0.2, 0) is 0 Å². The summed E-state index contributed by atoms with van der Waals surface area (Å²) in [6.07, 6.45) is 4.71. The van der Waals surface area contributed by atoms with E-state index < -0.39 is 5.97 Å². The zero-order valence-corrected chi connectivity index (χ0v) is 11.6. The summed E-state index contributed by atoms with van der Waals surface area (Å²) in [7, 11) is 0. The van der Waals surface area contributed by atoms with Crippen molar-refractivity contribution in [3.8, 4) is 5.82 Å². The fourth-order valence-corrected chi connectivity index (χ4v) is 2.46. The molecule has 4 aromatic rings. The summed E-state index contributed by atoms with van der Waals surface area (Å²) in [4.78, 5) is 22.7. The van der Waals surface area contributed by atoms with Gasteiger partial charge in [0.25, 0.3) is 0 Å². The molecule has 0 fully saturated rings. The molecule has 2 N–H and O–H groups in total. The van der Waals surface area contributed by atoms with Crippen molar-refractivity contribution in [2.45, 2.75) is 6.92 Å². The molecule has 3 aromatic heterocycles. The molecule has 4 rings (SSSR count). The van der Waals surface area contributed by atoms with E-state index in [9.17, 15) is 9.90 Å². The highest BCUT2D eigenvalue weighted by molar-refractivity contribution is 6.00. The van der Waals surface area contributed by atoms with Crippen molar-refractivity contribution < 1.29 is 9.90 Å². The van der Waals surface area contributed by atoms with Crippen LogP contribution < -0.4 is 0 Å². The minimum atomic E-state index is -1.04. The fourth-order valence-electron chi connectivity index (χ4n) is 2.46. The molecule has 0 saturated carbocycles. The zero-order valence-electron chi connectivity index (χ0n) is 11.6. The zero-order chi connectivity index (χ0) is 15.3. The largest absolute Gasteiger partial charge is 0.478 e. The minimum Gasteiger partial charge on any atom is -0.478 e. The lowest BCUT2D eigenvalue weighted by atomic mass is 10.2. The van der Waals surface area contributed by atoms with Crippen LogP contribution in [0.3, 0.4) is 0 Å². The topological polar surface area (TPSA) is 96.7 Å². The van der Waals surface area contributed by atoms with Crippen LogP contribution in [0.15, 0.2) is 36.8 Å². The second kappa shape index (κ2) is 4.39. The lowest BCUT2D eigenvalue weighted by molar-refractivity contribution is 0.0699. The van der Waals surface area contributed by atoms with Crippen molar-refractivity contribution in [3.63, 3.8) is 0 Å². The summed E-state index contributed by atoms with van der Waals surface area (Å²) in [6, 6.07) is 6.00. The van der Waals surface area contributed by atoms with Crippen LogP contribution in [0.4, 0.5) is 0 Å². The van der Waals surface area contributed by atoms with E-state index >= 15 is 0 Å².